The Morgan fingerprint density at radius 3 is 2.79 bits per heavy atom. The van der Waals surface area contributed by atoms with Crippen LogP contribution in [0.3, 0.4) is 0 Å². The highest BCUT2D eigenvalue weighted by molar-refractivity contribution is 5.98. The number of phenols is 2. The molecule has 1 aromatic carbocycles. The predicted molar refractivity (Wildman–Crippen MR) is 127 cm³/mol. The molecule has 1 aromatic rings. The lowest BCUT2D eigenvalue weighted by atomic mass is 9.91. The van der Waals surface area contributed by atoms with E-state index in [-0.39, 0.29) is 29.8 Å². The van der Waals surface area contributed by atoms with E-state index in [1.165, 1.54) is 6.07 Å². The van der Waals surface area contributed by atoms with E-state index in [9.17, 15) is 15.0 Å². The number of benzene rings is 1. The van der Waals surface area contributed by atoms with Crippen molar-refractivity contribution >= 4 is 12.0 Å². The van der Waals surface area contributed by atoms with E-state index in [0.29, 0.717) is 36.3 Å². The van der Waals surface area contributed by atoms with Crippen molar-refractivity contribution in [2.45, 2.75) is 57.7 Å². The minimum Gasteiger partial charge on any atom is -0.507 e. The molecule has 2 heterocycles. The molecule has 33 heavy (non-hydrogen) atoms. The van der Waals surface area contributed by atoms with Crippen LogP contribution < -0.4 is 5.48 Å². The molecule has 0 radical (unpaired) electrons. The summed E-state index contributed by atoms with van der Waals surface area (Å²) < 4.78 is 11.6. The number of esters is 1. The van der Waals surface area contributed by atoms with Crippen LogP contribution in [0.15, 0.2) is 48.7 Å². The number of fused-ring (bicyclic) bond motifs is 1. The van der Waals surface area contributed by atoms with Crippen molar-refractivity contribution in [3.8, 4) is 11.5 Å². The van der Waals surface area contributed by atoms with Gasteiger partial charge in [-0.1, -0.05) is 24.3 Å². The summed E-state index contributed by atoms with van der Waals surface area (Å²) in [5.41, 5.74) is 4.20. The van der Waals surface area contributed by atoms with Crippen molar-refractivity contribution < 1.29 is 29.3 Å². The molecular formula is C26H33NO6. The highest BCUT2D eigenvalue weighted by Crippen LogP contribution is 2.42. The van der Waals surface area contributed by atoms with Gasteiger partial charge in [-0.3, -0.25) is 10.3 Å². The van der Waals surface area contributed by atoms with Gasteiger partial charge in [0.1, 0.15) is 23.2 Å². The number of cyclic esters (lactones) is 1. The summed E-state index contributed by atoms with van der Waals surface area (Å²) in [7, 11) is 0. The SMILES string of the molecule is C=CCONC1=C\c2c(c(O)cc(O)c2C2CCCCO2)C(=O)OC(C)CC=CCC\C=C\1. The van der Waals surface area contributed by atoms with Crippen LogP contribution in [-0.4, -0.2) is 35.5 Å². The number of carbonyl (C=O) groups excluding carboxylic acids is 1. The fourth-order valence-corrected chi connectivity index (χ4v) is 3.91. The number of hydrogen-bond donors (Lipinski definition) is 3. The van der Waals surface area contributed by atoms with Crippen molar-refractivity contribution in [3.05, 3.63) is 65.4 Å². The van der Waals surface area contributed by atoms with Crippen molar-refractivity contribution in [2.75, 3.05) is 13.2 Å². The van der Waals surface area contributed by atoms with E-state index in [4.69, 9.17) is 14.3 Å². The van der Waals surface area contributed by atoms with E-state index >= 15 is 0 Å². The standard InChI is InChI=1S/C26H33NO6/c1-3-14-32-27-19-12-8-6-4-5-7-11-18(2)33-26(30)25-20(16-19)24(21(28)17-22(25)29)23-13-9-10-15-31-23/h3,5,7-8,12,16-18,23,27-29H,1,4,6,9-11,13-15H2,2H3/b7-5?,12-8+,19-16-. The molecule has 0 spiro atoms. The van der Waals surface area contributed by atoms with E-state index < -0.39 is 12.1 Å². The van der Waals surface area contributed by atoms with E-state index in [0.717, 1.165) is 25.7 Å². The van der Waals surface area contributed by atoms with Gasteiger partial charge < -0.3 is 19.7 Å². The molecule has 178 valence electrons. The number of allylic oxidation sites excluding steroid dienone is 3. The largest absolute Gasteiger partial charge is 0.507 e. The van der Waals surface area contributed by atoms with Crippen LogP contribution in [0.5, 0.6) is 11.5 Å². The van der Waals surface area contributed by atoms with Gasteiger partial charge >= 0.3 is 5.97 Å². The minimum absolute atomic E-state index is 0.0127. The summed E-state index contributed by atoms with van der Waals surface area (Å²) >= 11 is 0. The van der Waals surface area contributed by atoms with Gasteiger partial charge in [0.05, 0.1) is 18.4 Å². The molecule has 0 aromatic heterocycles. The second-order valence-electron chi connectivity index (χ2n) is 8.18. The molecule has 7 heteroatoms. The van der Waals surface area contributed by atoms with Crippen LogP contribution in [-0.2, 0) is 14.3 Å². The van der Waals surface area contributed by atoms with Crippen LogP contribution in [0, 0.1) is 0 Å². The van der Waals surface area contributed by atoms with Crippen LogP contribution in [0.1, 0.15) is 73.0 Å². The molecular weight excluding hydrogens is 422 g/mol. The highest BCUT2D eigenvalue weighted by atomic mass is 16.6. The van der Waals surface area contributed by atoms with Gasteiger partial charge in [-0.2, -0.15) is 0 Å². The molecule has 0 bridgehead atoms. The molecule has 2 aliphatic heterocycles. The average molecular weight is 456 g/mol. The first-order valence-corrected chi connectivity index (χ1v) is 11.4. The van der Waals surface area contributed by atoms with E-state index in [1.807, 2.05) is 31.2 Å². The molecule has 3 N–H and O–H groups in total. The summed E-state index contributed by atoms with van der Waals surface area (Å²) in [6, 6.07) is 1.19. The van der Waals surface area contributed by atoms with E-state index in [1.54, 1.807) is 12.2 Å². The van der Waals surface area contributed by atoms with Crippen LogP contribution >= 0.6 is 0 Å². The fourth-order valence-electron chi connectivity index (χ4n) is 3.91. The Kier molecular flexibility index (Phi) is 9.15. The topological polar surface area (TPSA) is 97.3 Å². The molecule has 2 atom stereocenters. The predicted octanol–water partition coefficient (Wildman–Crippen LogP) is 5.23. The zero-order chi connectivity index (χ0) is 23.6. The molecule has 0 saturated carbocycles. The second kappa shape index (κ2) is 12.3. The van der Waals surface area contributed by atoms with Gasteiger partial charge in [-0.15, -0.1) is 6.58 Å². The van der Waals surface area contributed by atoms with Gasteiger partial charge in [-0.05, 0) is 51.2 Å². The average Bonchev–Trinajstić information content (AvgIpc) is 2.78. The van der Waals surface area contributed by atoms with Crippen molar-refractivity contribution in [2.24, 2.45) is 0 Å². The van der Waals surface area contributed by atoms with Gasteiger partial charge in [-0.25, -0.2) is 4.79 Å². The maximum Gasteiger partial charge on any atom is 0.342 e. The highest BCUT2D eigenvalue weighted by Gasteiger charge is 2.29. The number of ether oxygens (including phenoxy) is 2. The number of nitrogens with one attached hydrogen (secondary N) is 1. The number of phenolic OH excluding ortho intramolecular Hbond substituents is 2. The van der Waals surface area contributed by atoms with Crippen molar-refractivity contribution in [1.82, 2.24) is 5.48 Å². The molecule has 0 aliphatic carbocycles. The maximum atomic E-state index is 13.2. The number of hydroxylamine groups is 1. The van der Waals surface area contributed by atoms with Gasteiger partial charge in [0.25, 0.3) is 0 Å². The number of aromatic hydroxyl groups is 2. The number of rotatable bonds is 5. The number of carbonyl (C=O) groups is 1. The van der Waals surface area contributed by atoms with Crippen LogP contribution in [0.25, 0.3) is 6.08 Å². The molecule has 1 saturated heterocycles. The zero-order valence-corrected chi connectivity index (χ0v) is 19.1. The minimum atomic E-state index is -0.663. The normalized spacial score (nSPS) is 24.5. The van der Waals surface area contributed by atoms with Crippen molar-refractivity contribution in [3.63, 3.8) is 0 Å². The van der Waals surface area contributed by atoms with Crippen molar-refractivity contribution in [1.29, 1.82) is 0 Å². The van der Waals surface area contributed by atoms with Crippen LogP contribution in [0.4, 0.5) is 0 Å². The van der Waals surface area contributed by atoms with Gasteiger partial charge in [0.2, 0.25) is 0 Å². The Hall–Kier alpha value is -3.03. The summed E-state index contributed by atoms with van der Waals surface area (Å²) in [6.45, 7) is 6.28. The number of hydrogen-bond acceptors (Lipinski definition) is 7. The lowest BCUT2D eigenvalue weighted by molar-refractivity contribution is 0.0133. The van der Waals surface area contributed by atoms with Crippen LogP contribution in [0.2, 0.25) is 0 Å². The third-order valence-electron chi connectivity index (χ3n) is 5.50. The monoisotopic (exact) mass is 455 g/mol. The Labute approximate surface area is 195 Å². The Balaban J connectivity index is 2.17. The molecule has 2 unspecified atom stereocenters. The van der Waals surface area contributed by atoms with Gasteiger partial charge in [0.15, 0.2) is 0 Å². The van der Waals surface area contributed by atoms with Gasteiger partial charge in [0, 0.05) is 30.2 Å². The summed E-state index contributed by atoms with van der Waals surface area (Å²) in [5.74, 6) is -1.15. The molecule has 7 nitrogen and oxygen atoms in total. The smallest absolute Gasteiger partial charge is 0.342 e. The first kappa shape index (κ1) is 24.6. The summed E-state index contributed by atoms with van der Waals surface area (Å²) in [6.07, 6.45) is 15.2. The third-order valence-corrected chi connectivity index (χ3v) is 5.50. The lowest BCUT2D eigenvalue weighted by Crippen LogP contribution is -2.19. The third kappa shape index (κ3) is 6.73. The lowest BCUT2D eigenvalue weighted by Gasteiger charge is -2.27. The maximum absolute atomic E-state index is 13.2. The quantitative estimate of drug-likeness (QED) is 0.242. The molecule has 2 aliphatic rings. The molecule has 1 fully saturated rings. The first-order valence-electron chi connectivity index (χ1n) is 11.4. The Bertz CT molecular complexity index is 927. The van der Waals surface area contributed by atoms with E-state index in [2.05, 4.69) is 12.1 Å². The molecule has 3 rings (SSSR count). The zero-order valence-electron chi connectivity index (χ0n) is 19.1. The summed E-state index contributed by atoms with van der Waals surface area (Å²) in [4.78, 5) is 18.6. The first-order chi connectivity index (χ1) is 16.0. The summed E-state index contributed by atoms with van der Waals surface area (Å²) in [5, 5.41) is 21.5. The second-order valence-corrected chi connectivity index (χ2v) is 8.18. The Morgan fingerprint density at radius 2 is 2.03 bits per heavy atom. The fraction of sp³-hybridized carbons (Fsp3) is 0.423. The molecule has 0 amide bonds. The Morgan fingerprint density at radius 1 is 1.21 bits per heavy atom.